The van der Waals surface area contributed by atoms with Gasteiger partial charge in [-0.05, 0) is 76.5 Å². The maximum atomic E-state index is 14.0. The number of ether oxygens (including phenoxy) is 6. The van der Waals surface area contributed by atoms with Crippen molar-refractivity contribution in [2.75, 3.05) is 110 Å². The number of hydrogen-bond acceptors (Lipinski definition) is 17. The number of aromatic nitrogens is 3. The van der Waals surface area contributed by atoms with Crippen molar-refractivity contribution in [3.63, 3.8) is 0 Å². The monoisotopic (exact) mass is 1110 g/mol. The second kappa shape index (κ2) is 29.8. The van der Waals surface area contributed by atoms with E-state index in [-0.39, 0.29) is 75.2 Å². The van der Waals surface area contributed by atoms with Gasteiger partial charge < -0.3 is 59.3 Å². The molecule has 2 aromatic heterocycles. The fourth-order valence-corrected chi connectivity index (χ4v) is 9.38. The summed E-state index contributed by atoms with van der Waals surface area (Å²) in [5.74, 6) is 0.527. The molecule has 1 saturated heterocycles. The highest BCUT2D eigenvalue weighted by molar-refractivity contribution is 9.10. The third-order valence-corrected chi connectivity index (χ3v) is 14.3. The second-order valence-electron chi connectivity index (χ2n) is 19.4. The highest BCUT2D eigenvalue weighted by Crippen LogP contribution is 2.34. The number of Topliss-reactive ketones (excluding diaryl/α,β-unsaturated/α-hetero) is 1. The maximum absolute atomic E-state index is 14.0. The molecule has 404 valence electrons. The van der Waals surface area contributed by atoms with Gasteiger partial charge in [0, 0.05) is 69.8 Å². The van der Waals surface area contributed by atoms with Crippen LogP contribution >= 0.6 is 27.3 Å². The molecule has 19 nitrogen and oxygen atoms in total. The molecule has 1 aliphatic carbocycles. The summed E-state index contributed by atoms with van der Waals surface area (Å²) in [5.41, 5.74) is 4.95. The van der Waals surface area contributed by atoms with Gasteiger partial charge in [-0.2, -0.15) is 4.98 Å². The molecule has 0 unspecified atom stereocenters. The van der Waals surface area contributed by atoms with Gasteiger partial charge in [0.05, 0.1) is 86.1 Å². The highest BCUT2D eigenvalue weighted by Gasteiger charge is 2.44. The van der Waals surface area contributed by atoms with Crippen LogP contribution in [-0.2, 0) is 49.4 Å². The van der Waals surface area contributed by atoms with E-state index in [0.717, 1.165) is 51.1 Å². The molecule has 74 heavy (non-hydrogen) atoms. The van der Waals surface area contributed by atoms with Gasteiger partial charge in [-0.3, -0.25) is 19.2 Å². The van der Waals surface area contributed by atoms with Crippen LogP contribution in [0.4, 0.5) is 17.5 Å². The molecular formula is C53H73BrN8O11S. The summed E-state index contributed by atoms with van der Waals surface area (Å²) in [4.78, 5) is 70.4. The zero-order chi connectivity index (χ0) is 52.9. The standard InChI is InChI=1S/C53H73BrN8O11S/c1-36-47(74-35-58-36)38-11-9-37(10-12-38)31-56-49(65)46-30-41(63)33-62(46)51(67)44(53(2,3)4)29-42(64)34-72-26-25-70-22-21-68-19-20-69-23-24-71-27-28-73-43-15-13-40(14-16-43)59-52-57-32-45(54)48(60-52)55-17-18-61(5)50(66)39-7-6-8-39/h9-16,32,35,39,41,44,46,63H,6-8,17-31,33-34H2,1-5H3,(H,56,65)(H2,55,57,59,60)/t41-,44-,46+/m0/s1. The van der Waals surface area contributed by atoms with Crippen LogP contribution in [0.3, 0.4) is 0 Å². The smallest absolute Gasteiger partial charge is 0.243 e. The number of β-amino-alcohol motifs (C(OH)–C–C–N with tert-alkyl or cyclic N) is 1. The van der Waals surface area contributed by atoms with E-state index in [2.05, 4.69) is 46.8 Å². The lowest BCUT2D eigenvalue weighted by molar-refractivity contribution is -0.146. The van der Waals surface area contributed by atoms with E-state index in [0.29, 0.717) is 83.5 Å². The van der Waals surface area contributed by atoms with E-state index in [9.17, 15) is 24.3 Å². The summed E-state index contributed by atoms with van der Waals surface area (Å²) in [6.07, 6.45) is 4.01. The molecule has 1 aliphatic heterocycles. The minimum Gasteiger partial charge on any atom is -0.491 e. The van der Waals surface area contributed by atoms with Gasteiger partial charge in [-0.1, -0.05) is 51.5 Å². The van der Waals surface area contributed by atoms with Crippen LogP contribution in [0.2, 0.25) is 0 Å². The first kappa shape index (κ1) is 58.1. The van der Waals surface area contributed by atoms with Gasteiger partial charge in [-0.15, -0.1) is 11.3 Å². The van der Waals surface area contributed by atoms with Crippen LogP contribution in [0.5, 0.6) is 5.75 Å². The van der Waals surface area contributed by atoms with Crippen LogP contribution < -0.4 is 20.7 Å². The highest BCUT2D eigenvalue weighted by atomic mass is 79.9. The Morgan fingerprint density at radius 3 is 2.11 bits per heavy atom. The molecule has 2 aromatic carbocycles. The van der Waals surface area contributed by atoms with Gasteiger partial charge in [0.25, 0.3) is 0 Å². The fourth-order valence-electron chi connectivity index (χ4n) is 8.23. The van der Waals surface area contributed by atoms with E-state index in [1.54, 1.807) is 22.4 Å². The van der Waals surface area contributed by atoms with E-state index >= 15 is 0 Å². The number of aliphatic hydroxyl groups is 1. The Balaban J connectivity index is 0.747. The average molecular weight is 1110 g/mol. The zero-order valence-electron chi connectivity index (χ0n) is 43.3. The molecule has 4 aromatic rings. The number of rotatable bonds is 32. The molecule has 0 bridgehead atoms. The van der Waals surface area contributed by atoms with Crippen molar-refractivity contribution >= 4 is 68.2 Å². The lowest BCUT2D eigenvalue weighted by Gasteiger charge is -2.34. The number of anilines is 3. The molecule has 3 heterocycles. The number of benzene rings is 2. The lowest BCUT2D eigenvalue weighted by atomic mass is 9.77. The van der Waals surface area contributed by atoms with E-state index in [1.807, 2.05) is 88.8 Å². The SMILES string of the molecule is Cc1ncsc1-c1ccc(CNC(=O)[C@H]2C[C@H](O)CN2C(=O)[C@H](CC(=O)COCCOCCOCCOCCOCCOc2ccc(Nc3ncc(Br)c(NCCN(C)C(=O)C4CCC4)n3)cc2)C(C)(C)C)cc1. The first-order valence-electron chi connectivity index (χ1n) is 25.3. The maximum Gasteiger partial charge on any atom is 0.243 e. The molecule has 3 amide bonds. The van der Waals surface area contributed by atoms with Crippen molar-refractivity contribution in [3.8, 4) is 16.2 Å². The molecule has 2 fully saturated rings. The Bertz CT molecular complexity index is 2390. The Kier molecular flexibility index (Phi) is 23.4. The summed E-state index contributed by atoms with van der Waals surface area (Å²) in [5, 5.41) is 20.0. The Labute approximate surface area is 446 Å². The number of aliphatic hydroxyl groups excluding tert-OH is 1. The number of halogens is 1. The second-order valence-corrected chi connectivity index (χ2v) is 21.2. The lowest BCUT2D eigenvalue weighted by Crippen LogP contribution is -2.50. The number of nitrogens with zero attached hydrogens (tertiary/aromatic N) is 5. The van der Waals surface area contributed by atoms with Gasteiger partial charge in [0.15, 0.2) is 5.78 Å². The number of thiazole rings is 1. The minimum atomic E-state index is -0.846. The number of ketones is 1. The van der Waals surface area contributed by atoms with Crippen LogP contribution in [0.1, 0.15) is 64.1 Å². The molecule has 0 spiro atoms. The summed E-state index contributed by atoms with van der Waals surface area (Å²) >= 11 is 5.07. The number of amides is 3. The van der Waals surface area contributed by atoms with Gasteiger partial charge in [0.1, 0.15) is 30.8 Å². The van der Waals surface area contributed by atoms with Gasteiger partial charge in [-0.25, -0.2) is 9.97 Å². The first-order valence-corrected chi connectivity index (χ1v) is 27.0. The summed E-state index contributed by atoms with van der Waals surface area (Å²) in [6, 6.07) is 14.5. The number of aryl methyl sites for hydroxylation is 1. The first-order chi connectivity index (χ1) is 35.7. The molecule has 1 saturated carbocycles. The number of carbonyl (C=O) groups is 4. The van der Waals surface area contributed by atoms with Crippen molar-refractivity contribution in [3.05, 3.63) is 76.0 Å². The third-order valence-electron chi connectivity index (χ3n) is 12.7. The molecule has 0 radical (unpaired) electrons. The molecule has 3 atom stereocenters. The zero-order valence-corrected chi connectivity index (χ0v) is 45.7. The molecular weight excluding hydrogens is 1040 g/mol. The largest absolute Gasteiger partial charge is 0.491 e. The number of carbonyl (C=O) groups excluding carboxylic acids is 4. The van der Waals surface area contributed by atoms with Crippen molar-refractivity contribution in [1.82, 2.24) is 30.1 Å². The molecule has 2 aliphatic rings. The van der Waals surface area contributed by atoms with Crippen molar-refractivity contribution < 1.29 is 52.7 Å². The van der Waals surface area contributed by atoms with Gasteiger partial charge in [0.2, 0.25) is 23.7 Å². The van der Waals surface area contributed by atoms with Crippen molar-refractivity contribution in [1.29, 1.82) is 0 Å². The third kappa shape index (κ3) is 18.6. The summed E-state index contributed by atoms with van der Waals surface area (Å²) in [7, 11) is 1.84. The molecule has 21 heteroatoms. The quantitative estimate of drug-likeness (QED) is 0.0386. The van der Waals surface area contributed by atoms with Crippen LogP contribution in [0.15, 0.2) is 64.7 Å². The number of nitrogens with one attached hydrogen (secondary N) is 3. The van der Waals surface area contributed by atoms with Crippen LogP contribution in [-0.4, -0.2) is 165 Å². The predicted octanol–water partition coefficient (Wildman–Crippen LogP) is 6.45. The van der Waals surface area contributed by atoms with Crippen molar-refractivity contribution in [2.45, 2.75) is 78.5 Å². The topological polar surface area (TPSA) is 225 Å². The normalized spacial score (nSPS) is 16.1. The molecule has 4 N–H and O–H groups in total. The predicted molar refractivity (Wildman–Crippen MR) is 285 cm³/mol. The summed E-state index contributed by atoms with van der Waals surface area (Å²) in [6.45, 7) is 12.5. The van der Waals surface area contributed by atoms with Crippen LogP contribution in [0.25, 0.3) is 10.4 Å². The number of likely N-dealkylation sites (tertiary alicyclic amines) is 1. The average Bonchev–Trinajstić information content (AvgIpc) is 3.98. The van der Waals surface area contributed by atoms with E-state index in [1.165, 1.54) is 4.90 Å². The van der Waals surface area contributed by atoms with E-state index in [4.69, 9.17) is 28.4 Å². The fraction of sp³-hybridized carbons (Fsp3) is 0.566. The molecule has 6 rings (SSSR count). The van der Waals surface area contributed by atoms with Crippen LogP contribution in [0, 0.1) is 24.2 Å². The number of likely N-dealkylation sites (N-methyl/N-ethyl adjacent to an activating group) is 1. The number of hydrogen-bond donors (Lipinski definition) is 4. The Morgan fingerprint density at radius 2 is 1.51 bits per heavy atom. The minimum absolute atomic E-state index is 0.0218. The van der Waals surface area contributed by atoms with E-state index < -0.39 is 23.5 Å². The summed E-state index contributed by atoms with van der Waals surface area (Å²) < 4.78 is 34.5. The Morgan fingerprint density at radius 1 is 0.878 bits per heavy atom. The van der Waals surface area contributed by atoms with Gasteiger partial charge >= 0.3 is 0 Å². The Hall–Kier alpha value is -5.13. The van der Waals surface area contributed by atoms with Crippen molar-refractivity contribution in [2.24, 2.45) is 17.3 Å².